The molecule has 1 aromatic carbocycles. The zero-order valence-corrected chi connectivity index (χ0v) is 16.9. The van der Waals surface area contributed by atoms with Crippen molar-refractivity contribution in [3.63, 3.8) is 0 Å². The van der Waals surface area contributed by atoms with Gasteiger partial charge >= 0.3 is 0 Å². The Morgan fingerprint density at radius 1 is 1.52 bits per heavy atom. The molecule has 4 atom stereocenters. The predicted molar refractivity (Wildman–Crippen MR) is 107 cm³/mol. The molecule has 2 aliphatic rings. The van der Waals surface area contributed by atoms with E-state index in [9.17, 15) is 14.3 Å². The van der Waals surface area contributed by atoms with Gasteiger partial charge in [-0.2, -0.15) is 0 Å². The molecule has 0 spiro atoms. The summed E-state index contributed by atoms with van der Waals surface area (Å²) < 4.78 is 14.6. The van der Waals surface area contributed by atoms with Crippen molar-refractivity contribution in [3.8, 4) is 0 Å². The molecule has 1 aromatic heterocycles. The van der Waals surface area contributed by atoms with E-state index in [2.05, 4.69) is 43.3 Å². The van der Waals surface area contributed by atoms with E-state index in [1.165, 1.54) is 17.9 Å². The number of carbonyl (C=O) groups excluding carboxylic acids is 1. The Morgan fingerprint density at radius 3 is 3.00 bits per heavy atom. The first kappa shape index (κ1) is 18.7. The topological polar surface area (TPSA) is 68.4 Å². The van der Waals surface area contributed by atoms with Crippen molar-refractivity contribution in [2.75, 3.05) is 20.2 Å². The highest BCUT2D eigenvalue weighted by Crippen LogP contribution is 2.43. The van der Waals surface area contributed by atoms with Gasteiger partial charge in [-0.15, -0.1) is 0 Å². The zero-order chi connectivity index (χ0) is 19.3. The lowest BCUT2D eigenvalue weighted by molar-refractivity contribution is -0.125. The summed E-state index contributed by atoms with van der Waals surface area (Å²) in [7, 11) is 2.02. The smallest absolute Gasteiger partial charge is 0.228 e. The number of aliphatic hydroxyl groups is 1. The summed E-state index contributed by atoms with van der Waals surface area (Å²) in [6, 6.07) is 5.50. The maximum absolute atomic E-state index is 13.6. The number of halogens is 2. The van der Waals surface area contributed by atoms with Gasteiger partial charge in [0.05, 0.1) is 23.2 Å². The number of aliphatic hydroxyl groups excluding tert-OH is 1. The van der Waals surface area contributed by atoms with Gasteiger partial charge in [-0.25, -0.2) is 4.39 Å². The summed E-state index contributed by atoms with van der Waals surface area (Å²) in [4.78, 5) is 18.3. The number of benzene rings is 1. The molecule has 1 aliphatic carbocycles. The van der Waals surface area contributed by atoms with Gasteiger partial charge in [-0.05, 0) is 59.1 Å². The summed E-state index contributed by atoms with van der Waals surface area (Å²) in [5.41, 5.74) is 4.63. The average molecular weight is 436 g/mol. The van der Waals surface area contributed by atoms with Crippen molar-refractivity contribution in [2.45, 2.75) is 31.6 Å². The summed E-state index contributed by atoms with van der Waals surface area (Å²) >= 11 is 3.64. The van der Waals surface area contributed by atoms with Gasteiger partial charge in [0.2, 0.25) is 5.91 Å². The molecular formula is C20H23BrFN3O2. The largest absolute Gasteiger partial charge is 0.394 e. The van der Waals surface area contributed by atoms with Crippen LogP contribution in [-0.4, -0.2) is 59.4 Å². The van der Waals surface area contributed by atoms with Crippen molar-refractivity contribution < 1.29 is 14.3 Å². The molecule has 0 saturated carbocycles. The van der Waals surface area contributed by atoms with Gasteiger partial charge < -0.3 is 15.4 Å². The van der Waals surface area contributed by atoms with Crippen molar-refractivity contribution in [1.29, 1.82) is 0 Å². The van der Waals surface area contributed by atoms with E-state index in [0.717, 1.165) is 27.7 Å². The monoisotopic (exact) mass is 435 g/mol. The summed E-state index contributed by atoms with van der Waals surface area (Å²) in [5, 5.41) is 13.2. The third kappa shape index (κ3) is 3.11. The molecule has 2 heterocycles. The number of fused-ring (bicyclic) bond motifs is 2. The average Bonchev–Trinajstić information content (AvgIpc) is 2.96. The number of H-pyrrole nitrogens is 1. The fraction of sp³-hybridized carbons (Fsp3) is 0.450. The van der Waals surface area contributed by atoms with Crippen LogP contribution in [0, 0.1) is 5.92 Å². The normalized spacial score (nSPS) is 24.3. The van der Waals surface area contributed by atoms with Gasteiger partial charge in [-0.3, -0.25) is 9.69 Å². The number of aromatic nitrogens is 1. The maximum Gasteiger partial charge on any atom is 0.228 e. The lowest BCUT2D eigenvalue weighted by atomic mass is 9.79. The van der Waals surface area contributed by atoms with E-state index >= 15 is 0 Å². The quantitative estimate of drug-likeness (QED) is 0.691. The molecule has 0 radical (unpaired) electrons. The molecule has 144 valence electrons. The fourth-order valence-corrected chi connectivity index (χ4v) is 4.83. The van der Waals surface area contributed by atoms with Crippen LogP contribution >= 0.6 is 15.9 Å². The lowest BCUT2D eigenvalue weighted by Crippen LogP contribution is -2.50. The Balaban J connectivity index is 1.72. The molecule has 0 bridgehead atoms. The second kappa shape index (κ2) is 7.04. The molecule has 4 rings (SSSR count). The molecule has 27 heavy (non-hydrogen) atoms. The molecule has 7 heteroatoms. The van der Waals surface area contributed by atoms with Crippen LogP contribution in [0.2, 0.25) is 0 Å². The number of rotatable bonds is 4. The Labute approximate surface area is 165 Å². The van der Waals surface area contributed by atoms with Gasteiger partial charge in [0, 0.05) is 23.5 Å². The third-order valence-electron chi connectivity index (χ3n) is 5.76. The van der Waals surface area contributed by atoms with Crippen LogP contribution in [0.1, 0.15) is 18.1 Å². The van der Waals surface area contributed by atoms with Crippen LogP contribution in [0.4, 0.5) is 4.39 Å². The zero-order valence-electron chi connectivity index (χ0n) is 15.3. The number of alkyl halides is 1. The van der Waals surface area contributed by atoms with Gasteiger partial charge in [0.25, 0.3) is 0 Å². The molecular weight excluding hydrogens is 413 g/mol. The highest BCUT2D eigenvalue weighted by Gasteiger charge is 2.37. The van der Waals surface area contributed by atoms with Crippen LogP contribution in [0.3, 0.4) is 0 Å². The van der Waals surface area contributed by atoms with E-state index in [4.69, 9.17) is 0 Å². The number of carbonyl (C=O) groups is 1. The van der Waals surface area contributed by atoms with Crippen molar-refractivity contribution in [3.05, 3.63) is 40.0 Å². The Kier molecular flexibility index (Phi) is 4.86. The first-order chi connectivity index (χ1) is 12.9. The highest BCUT2D eigenvalue weighted by atomic mass is 79.9. The standard InChI is InChI=1S/C20H23BrFN3O2/c1-10(22)16(9-26)24-20(27)11-6-13-12-4-3-5-15-18(12)14(19(21)23-15)7-17(13)25(2)8-11/h3-6,10-11,16-17,23,26H,7-9H2,1-2H3,(H,24,27). The lowest BCUT2D eigenvalue weighted by Gasteiger charge is -2.39. The van der Waals surface area contributed by atoms with Crippen LogP contribution in [0.5, 0.6) is 0 Å². The number of likely N-dealkylation sites (N-methyl/N-ethyl adjacent to an activating group) is 1. The fourth-order valence-electron chi connectivity index (χ4n) is 4.26. The molecule has 0 fully saturated rings. The van der Waals surface area contributed by atoms with Crippen molar-refractivity contribution >= 4 is 38.3 Å². The molecule has 2 aromatic rings. The van der Waals surface area contributed by atoms with Crippen LogP contribution < -0.4 is 5.32 Å². The van der Waals surface area contributed by atoms with Crippen molar-refractivity contribution in [1.82, 2.24) is 15.2 Å². The number of aromatic amines is 1. The summed E-state index contributed by atoms with van der Waals surface area (Å²) in [6.45, 7) is 1.49. The van der Waals surface area contributed by atoms with Gasteiger partial charge in [0.1, 0.15) is 6.17 Å². The van der Waals surface area contributed by atoms with Gasteiger partial charge in [0.15, 0.2) is 0 Å². The third-order valence-corrected chi connectivity index (χ3v) is 6.43. The molecule has 0 saturated heterocycles. The number of amides is 1. The van der Waals surface area contributed by atoms with E-state index in [1.54, 1.807) is 0 Å². The SMILES string of the molecule is CC(F)C(CO)NC(=O)C1C=C2c3cccc4[nH]c(Br)c(c34)CC2N(C)C1. The second-order valence-electron chi connectivity index (χ2n) is 7.51. The number of hydrogen-bond donors (Lipinski definition) is 3. The minimum Gasteiger partial charge on any atom is -0.394 e. The molecule has 1 aliphatic heterocycles. The molecule has 3 N–H and O–H groups in total. The van der Waals surface area contributed by atoms with Crippen LogP contribution in [0.15, 0.2) is 28.9 Å². The van der Waals surface area contributed by atoms with E-state index < -0.39 is 18.8 Å². The first-order valence-electron chi connectivity index (χ1n) is 9.17. The molecule has 1 amide bonds. The van der Waals surface area contributed by atoms with Crippen molar-refractivity contribution in [2.24, 2.45) is 5.92 Å². The first-order valence-corrected chi connectivity index (χ1v) is 9.96. The Bertz CT molecular complexity index is 923. The van der Waals surface area contributed by atoms with Gasteiger partial charge in [-0.1, -0.05) is 18.2 Å². The van der Waals surface area contributed by atoms with E-state index in [0.29, 0.717) is 6.54 Å². The Morgan fingerprint density at radius 2 is 2.30 bits per heavy atom. The highest BCUT2D eigenvalue weighted by molar-refractivity contribution is 9.10. The van der Waals surface area contributed by atoms with Crippen LogP contribution in [0.25, 0.3) is 16.5 Å². The number of hydrogen-bond acceptors (Lipinski definition) is 3. The second-order valence-corrected chi connectivity index (χ2v) is 8.30. The predicted octanol–water partition coefficient (Wildman–Crippen LogP) is 2.64. The van der Waals surface area contributed by atoms with E-state index in [-0.39, 0.29) is 17.9 Å². The number of nitrogens with one attached hydrogen (secondary N) is 2. The number of nitrogens with zero attached hydrogens (tertiary/aromatic N) is 1. The minimum absolute atomic E-state index is 0.202. The van der Waals surface area contributed by atoms with E-state index in [1.807, 2.05) is 19.2 Å². The summed E-state index contributed by atoms with van der Waals surface area (Å²) in [6.07, 6.45) is 1.59. The van der Waals surface area contributed by atoms with Crippen LogP contribution in [-0.2, 0) is 11.2 Å². The molecule has 5 nitrogen and oxygen atoms in total. The minimum atomic E-state index is -1.30. The maximum atomic E-state index is 13.6. The summed E-state index contributed by atoms with van der Waals surface area (Å²) in [5.74, 6) is -0.627. The molecule has 4 unspecified atom stereocenters. The Hall–Kier alpha value is -1.70.